The van der Waals surface area contributed by atoms with Gasteiger partial charge in [-0.3, -0.25) is 9.13 Å². The van der Waals surface area contributed by atoms with E-state index in [0.717, 1.165) is 11.0 Å². The summed E-state index contributed by atoms with van der Waals surface area (Å²) in [4.78, 5) is 12.2. The standard InChI is InChI=1S/C15H21BrN2O/c1-9(2)10(3)14(16)11-6-7-12-13(8-11)18(5)15(19)17(12)4/h6-10,14H,1-5H3. The molecule has 0 N–H and O–H groups in total. The fourth-order valence-electron chi connectivity index (χ4n) is 2.34. The minimum Gasteiger partial charge on any atom is -0.295 e. The van der Waals surface area contributed by atoms with Crippen LogP contribution in [0.25, 0.3) is 11.0 Å². The highest BCUT2D eigenvalue weighted by molar-refractivity contribution is 9.09. The van der Waals surface area contributed by atoms with E-state index >= 15 is 0 Å². The molecule has 0 aliphatic rings. The number of benzene rings is 1. The van der Waals surface area contributed by atoms with Gasteiger partial charge in [0.15, 0.2) is 0 Å². The van der Waals surface area contributed by atoms with Crippen molar-refractivity contribution in [3.05, 3.63) is 34.2 Å². The van der Waals surface area contributed by atoms with Crippen LogP contribution in [0.15, 0.2) is 23.0 Å². The molecule has 19 heavy (non-hydrogen) atoms. The maximum Gasteiger partial charge on any atom is 0.328 e. The lowest BCUT2D eigenvalue weighted by atomic mass is 9.91. The van der Waals surface area contributed by atoms with Gasteiger partial charge in [0, 0.05) is 18.9 Å². The van der Waals surface area contributed by atoms with Crippen LogP contribution in [0.4, 0.5) is 0 Å². The SMILES string of the molecule is CC(C)C(C)C(Br)c1ccc2c(c1)n(C)c(=O)n2C. The summed E-state index contributed by atoms with van der Waals surface area (Å²) < 4.78 is 3.40. The van der Waals surface area contributed by atoms with Crippen LogP contribution in [0.1, 0.15) is 31.2 Å². The molecule has 0 saturated heterocycles. The summed E-state index contributed by atoms with van der Waals surface area (Å²) in [5.41, 5.74) is 3.23. The zero-order valence-electron chi connectivity index (χ0n) is 12.1. The number of halogens is 1. The lowest BCUT2D eigenvalue weighted by Crippen LogP contribution is -2.19. The summed E-state index contributed by atoms with van der Waals surface area (Å²) in [6, 6.07) is 6.27. The molecular weight excluding hydrogens is 304 g/mol. The van der Waals surface area contributed by atoms with E-state index in [1.807, 2.05) is 20.2 Å². The normalized spacial score (nSPS) is 15.1. The Morgan fingerprint density at radius 1 is 1.05 bits per heavy atom. The average Bonchev–Trinajstić information content (AvgIpc) is 2.61. The smallest absolute Gasteiger partial charge is 0.295 e. The third kappa shape index (κ3) is 2.38. The van der Waals surface area contributed by atoms with Gasteiger partial charge in [-0.2, -0.15) is 0 Å². The van der Waals surface area contributed by atoms with Gasteiger partial charge in [0.1, 0.15) is 0 Å². The Balaban J connectivity index is 2.53. The molecule has 0 aliphatic heterocycles. The van der Waals surface area contributed by atoms with E-state index in [9.17, 15) is 4.79 Å². The topological polar surface area (TPSA) is 26.9 Å². The highest BCUT2D eigenvalue weighted by Gasteiger charge is 2.20. The van der Waals surface area contributed by atoms with Gasteiger partial charge in [-0.25, -0.2) is 4.79 Å². The van der Waals surface area contributed by atoms with Crippen molar-refractivity contribution in [3.63, 3.8) is 0 Å². The zero-order chi connectivity index (χ0) is 14.3. The first-order valence-corrected chi connectivity index (χ1v) is 7.55. The number of hydrogen-bond acceptors (Lipinski definition) is 1. The maximum atomic E-state index is 11.9. The zero-order valence-corrected chi connectivity index (χ0v) is 13.7. The lowest BCUT2D eigenvalue weighted by Gasteiger charge is -2.22. The van der Waals surface area contributed by atoms with Crippen LogP contribution in [-0.2, 0) is 14.1 Å². The molecule has 2 rings (SSSR count). The van der Waals surface area contributed by atoms with E-state index in [-0.39, 0.29) is 5.69 Å². The van der Waals surface area contributed by atoms with Crippen molar-refractivity contribution in [2.75, 3.05) is 0 Å². The van der Waals surface area contributed by atoms with Gasteiger partial charge in [-0.05, 0) is 29.5 Å². The first-order valence-electron chi connectivity index (χ1n) is 6.64. The summed E-state index contributed by atoms with van der Waals surface area (Å²) in [5, 5.41) is 0. The van der Waals surface area contributed by atoms with Gasteiger partial charge in [0.2, 0.25) is 0 Å². The second kappa shape index (κ2) is 5.16. The molecule has 0 spiro atoms. The van der Waals surface area contributed by atoms with Gasteiger partial charge in [0.05, 0.1) is 11.0 Å². The highest BCUT2D eigenvalue weighted by Crippen LogP contribution is 2.36. The number of imidazole rings is 1. The molecule has 3 nitrogen and oxygen atoms in total. The van der Waals surface area contributed by atoms with Gasteiger partial charge in [-0.15, -0.1) is 0 Å². The Labute approximate surface area is 122 Å². The molecule has 4 heteroatoms. The molecule has 0 saturated carbocycles. The molecule has 1 heterocycles. The molecule has 0 aliphatic carbocycles. The van der Waals surface area contributed by atoms with Crippen molar-refractivity contribution in [1.29, 1.82) is 0 Å². The van der Waals surface area contributed by atoms with E-state index < -0.39 is 0 Å². The number of aryl methyl sites for hydroxylation is 2. The summed E-state index contributed by atoms with van der Waals surface area (Å²) in [7, 11) is 3.64. The molecule has 2 aromatic rings. The lowest BCUT2D eigenvalue weighted by molar-refractivity contribution is 0.414. The third-order valence-electron chi connectivity index (χ3n) is 4.13. The molecule has 0 fully saturated rings. The summed E-state index contributed by atoms with van der Waals surface area (Å²) in [6.45, 7) is 6.71. The van der Waals surface area contributed by atoms with Crippen LogP contribution in [0.2, 0.25) is 0 Å². The van der Waals surface area contributed by atoms with E-state index in [2.05, 4.69) is 48.8 Å². The van der Waals surface area contributed by atoms with E-state index in [1.165, 1.54) is 5.56 Å². The number of fused-ring (bicyclic) bond motifs is 1. The van der Waals surface area contributed by atoms with Gasteiger partial charge in [-0.1, -0.05) is 42.8 Å². The molecular formula is C15H21BrN2O. The number of nitrogens with zero attached hydrogens (tertiary/aromatic N) is 2. The molecule has 2 unspecified atom stereocenters. The van der Waals surface area contributed by atoms with Gasteiger partial charge < -0.3 is 0 Å². The van der Waals surface area contributed by atoms with Crippen LogP contribution >= 0.6 is 15.9 Å². The Morgan fingerprint density at radius 3 is 2.21 bits per heavy atom. The van der Waals surface area contributed by atoms with Crippen molar-refractivity contribution >= 4 is 27.0 Å². The average molecular weight is 325 g/mol. The van der Waals surface area contributed by atoms with Crippen molar-refractivity contribution in [2.24, 2.45) is 25.9 Å². The third-order valence-corrected chi connectivity index (χ3v) is 5.49. The van der Waals surface area contributed by atoms with Crippen LogP contribution in [0.3, 0.4) is 0 Å². The molecule has 0 radical (unpaired) electrons. The number of hydrogen-bond donors (Lipinski definition) is 0. The highest BCUT2D eigenvalue weighted by atomic mass is 79.9. The molecule has 0 bridgehead atoms. The predicted molar refractivity (Wildman–Crippen MR) is 83.8 cm³/mol. The fourth-order valence-corrected chi connectivity index (χ4v) is 3.23. The molecule has 0 amide bonds. The molecule has 1 aromatic carbocycles. The second-order valence-electron chi connectivity index (χ2n) is 5.65. The first kappa shape index (κ1) is 14.4. The Hall–Kier alpha value is -1.03. The number of rotatable bonds is 3. The summed E-state index contributed by atoms with van der Waals surface area (Å²) in [6.07, 6.45) is 0. The van der Waals surface area contributed by atoms with Crippen molar-refractivity contribution < 1.29 is 0 Å². The Morgan fingerprint density at radius 2 is 1.63 bits per heavy atom. The van der Waals surface area contributed by atoms with Crippen LogP contribution in [0, 0.1) is 11.8 Å². The van der Waals surface area contributed by atoms with Gasteiger partial charge in [0.25, 0.3) is 0 Å². The first-order chi connectivity index (χ1) is 8.84. The monoisotopic (exact) mass is 324 g/mol. The van der Waals surface area contributed by atoms with Crippen molar-refractivity contribution in [1.82, 2.24) is 9.13 Å². The fraction of sp³-hybridized carbons (Fsp3) is 0.533. The quantitative estimate of drug-likeness (QED) is 0.792. The van der Waals surface area contributed by atoms with Crippen molar-refractivity contribution in [2.45, 2.75) is 25.6 Å². The van der Waals surface area contributed by atoms with E-state index in [0.29, 0.717) is 16.7 Å². The number of alkyl halides is 1. The minimum atomic E-state index is 0.0233. The summed E-state index contributed by atoms with van der Waals surface area (Å²) >= 11 is 3.79. The van der Waals surface area contributed by atoms with Crippen LogP contribution < -0.4 is 5.69 Å². The molecule has 104 valence electrons. The largest absolute Gasteiger partial charge is 0.328 e. The van der Waals surface area contributed by atoms with E-state index in [4.69, 9.17) is 0 Å². The minimum absolute atomic E-state index is 0.0233. The number of aromatic nitrogens is 2. The summed E-state index contributed by atoms with van der Waals surface area (Å²) in [5.74, 6) is 1.15. The van der Waals surface area contributed by atoms with E-state index in [1.54, 1.807) is 9.13 Å². The molecule has 1 aromatic heterocycles. The van der Waals surface area contributed by atoms with Crippen molar-refractivity contribution in [3.8, 4) is 0 Å². The molecule has 2 atom stereocenters. The second-order valence-corrected chi connectivity index (χ2v) is 6.64. The van der Waals surface area contributed by atoms with Crippen LogP contribution in [-0.4, -0.2) is 9.13 Å². The van der Waals surface area contributed by atoms with Gasteiger partial charge >= 0.3 is 5.69 Å². The maximum absolute atomic E-state index is 11.9. The predicted octanol–water partition coefficient (Wildman–Crippen LogP) is 3.61. The van der Waals surface area contributed by atoms with Crippen LogP contribution in [0.5, 0.6) is 0 Å². The Kier molecular flexibility index (Phi) is 3.90. The Bertz CT molecular complexity index is 654.